The van der Waals surface area contributed by atoms with Crippen molar-refractivity contribution < 1.29 is 4.79 Å². The van der Waals surface area contributed by atoms with E-state index in [0.29, 0.717) is 6.42 Å². The molecule has 0 aliphatic heterocycles. The molecule has 0 fully saturated rings. The fourth-order valence-corrected chi connectivity index (χ4v) is 2.13. The molecule has 0 aliphatic carbocycles. The van der Waals surface area contributed by atoms with Gasteiger partial charge in [0.1, 0.15) is 0 Å². The predicted octanol–water partition coefficient (Wildman–Crippen LogP) is 4.05. The van der Waals surface area contributed by atoms with Gasteiger partial charge in [0.05, 0.1) is 0 Å². The molecule has 106 valence electrons. The zero-order chi connectivity index (χ0) is 14.1. The third-order valence-corrected chi connectivity index (χ3v) is 3.27. The summed E-state index contributed by atoms with van der Waals surface area (Å²) < 4.78 is 0. The Morgan fingerprint density at radius 2 is 1.89 bits per heavy atom. The van der Waals surface area contributed by atoms with Crippen molar-refractivity contribution in [1.29, 1.82) is 0 Å². The minimum atomic E-state index is 0.116. The Labute approximate surface area is 117 Å². The first kappa shape index (κ1) is 15.5. The molecule has 19 heavy (non-hydrogen) atoms. The van der Waals surface area contributed by atoms with Gasteiger partial charge >= 0.3 is 0 Å². The molecule has 3 nitrogen and oxygen atoms in total. The van der Waals surface area contributed by atoms with Crippen molar-refractivity contribution in [1.82, 2.24) is 0 Å². The summed E-state index contributed by atoms with van der Waals surface area (Å²) in [5.41, 5.74) is 2.06. The summed E-state index contributed by atoms with van der Waals surface area (Å²) in [6, 6.07) is 8.07. The number of nitrogens with zero attached hydrogens (tertiary/aromatic N) is 1. The SMILES string of the molecule is CCCCCC(=O)Nc1cccc(N(CC)CC)c1. The number of unbranched alkanes of at least 4 members (excludes halogenated alkanes) is 2. The topological polar surface area (TPSA) is 32.3 Å². The molecule has 0 radical (unpaired) electrons. The van der Waals surface area contributed by atoms with Crippen molar-refractivity contribution in [2.24, 2.45) is 0 Å². The maximum Gasteiger partial charge on any atom is 0.224 e. The molecule has 1 aromatic carbocycles. The average Bonchev–Trinajstić information content (AvgIpc) is 2.41. The van der Waals surface area contributed by atoms with Crippen LogP contribution in [0.1, 0.15) is 46.5 Å². The van der Waals surface area contributed by atoms with E-state index in [4.69, 9.17) is 0 Å². The molecular weight excluding hydrogens is 236 g/mol. The lowest BCUT2D eigenvalue weighted by molar-refractivity contribution is -0.116. The summed E-state index contributed by atoms with van der Waals surface area (Å²) in [6.45, 7) is 8.37. The highest BCUT2D eigenvalue weighted by molar-refractivity contribution is 5.91. The summed E-state index contributed by atoms with van der Waals surface area (Å²) in [5.74, 6) is 0.116. The van der Waals surface area contributed by atoms with Crippen LogP contribution in [0.5, 0.6) is 0 Å². The fourth-order valence-electron chi connectivity index (χ4n) is 2.13. The lowest BCUT2D eigenvalue weighted by Crippen LogP contribution is -2.22. The molecule has 0 aliphatic rings. The van der Waals surface area contributed by atoms with Crippen LogP contribution in [0, 0.1) is 0 Å². The molecule has 0 atom stereocenters. The highest BCUT2D eigenvalue weighted by atomic mass is 16.1. The molecule has 0 saturated heterocycles. The summed E-state index contributed by atoms with van der Waals surface area (Å²) in [5, 5.41) is 2.98. The molecule has 0 bridgehead atoms. The molecule has 0 saturated carbocycles. The second-order valence-electron chi connectivity index (χ2n) is 4.73. The molecule has 0 spiro atoms. The Hall–Kier alpha value is -1.51. The van der Waals surface area contributed by atoms with Gasteiger partial charge in [-0.2, -0.15) is 0 Å². The van der Waals surface area contributed by atoms with Gasteiger partial charge < -0.3 is 10.2 Å². The van der Waals surface area contributed by atoms with Gasteiger partial charge in [0.25, 0.3) is 0 Å². The van der Waals surface area contributed by atoms with E-state index in [2.05, 4.69) is 37.1 Å². The number of hydrogen-bond acceptors (Lipinski definition) is 2. The van der Waals surface area contributed by atoms with E-state index in [-0.39, 0.29) is 5.91 Å². The van der Waals surface area contributed by atoms with Gasteiger partial charge in [-0.15, -0.1) is 0 Å². The number of anilines is 2. The minimum Gasteiger partial charge on any atom is -0.372 e. The van der Waals surface area contributed by atoms with Crippen molar-refractivity contribution in [2.75, 3.05) is 23.3 Å². The lowest BCUT2D eigenvalue weighted by atomic mass is 10.2. The van der Waals surface area contributed by atoms with E-state index in [1.807, 2.05) is 18.2 Å². The zero-order valence-corrected chi connectivity index (χ0v) is 12.4. The lowest BCUT2D eigenvalue weighted by Gasteiger charge is -2.21. The van der Waals surface area contributed by atoms with Gasteiger partial charge in [0, 0.05) is 30.9 Å². The van der Waals surface area contributed by atoms with Gasteiger partial charge in [0.2, 0.25) is 5.91 Å². The highest BCUT2D eigenvalue weighted by Crippen LogP contribution is 2.19. The van der Waals surface area contributed by atoms with Gasteiger partial charge in [0.15, 0.2) is 0 Å². The molecule has 0 heterocycles. The smallest absolute Gasteiger partial charge is 0.224 e. The van der Waals surface area contributed by atoms with Crippen molar-refractivity contribution >= 4 is 17.3 Å². The average molecular weight is 262 g/mol. The maximum atomic E-state index is 11.8. The van der Waals surface area contributed by atoms with Crippen LogP contribution in [0.4, 0.5) is 11.4 Å². The molecule has 1 rings (SSSR count). The van der Waals surface area contributed by atoms with Gasteiger partial charge in [-0.1, -0.05) is 25.8 Å². The molecule has 1 amide bonds. The standard InChI is InChI=1S/C16H26N2O/c1-4-7-8-12-16(19)17-14-10-9-11-15(13-14)18(5-2)6-3/h9-11,13H,4-8,12H2,1-3H3,(H,17,19). The number of carbonyl (C=O) groups excluding carboxylic acids is 1. The van der Waals surface area contributed by atoms with Gasteiger partial charge in [-0.05, 0) is 38.5 Å². The molecule has 0 aromatic heterocycles. The van der Waals surface area contributed by atoms with E-state index < -0.39 is 0 Å². The summed E-state index contributed by atoms with van der Waals surface area (Å²) in [6.07, 6.45) is 3.85. The second-order valence-corrected chi connectivity index (χ2v) is 4.73. The molecule has 0 unspecified atom stereocenters. The Morgan fingerprint density at radius 1 is 1.16 bits per heavy atom. The van der Waals surface area contributed by atoms with Crippen LogP contribution < -0.4 is 10.2 Å². The van der Waals surface area contributed by atoms with Crippen molar-refractivity contribution in [3.8, 4) is 0 Å². The number of carbonyl (C=O) groups is 1. The van der Waals surface area contributed by atoms with Crippen LogP contribution in [0.15, 0.2) is 24.3 Å². The number of amides is 1. The quantitative estimate of drug-likeness (QED) is 0.717. The maximum absolute atomic E-state index is 11.8. The Bertz CT molecular complexity index is 386. The van der Waals surface area contributed by atoms with Crippen molar-refractivity contribution in [2.45, 2.75) is 46.5 Å². The van der Waals surface area contributed by atoms with Crippen LogP contribution in [0.3, 0.4) is 0 Å². The summed E-state index contributed by atoms with van der Waals surface area (Å²) >= 11 is 0. The van der Waals surface area contributed by atoms with Crippen LogP contribution in [0.25, 0.3) is 0 Å². The van der Waals surface area contributed by atoms with E-state index in [9.17, 15) is 4.79 Å². The molecule has 3 heteroatoms. The van der Waals surface area contributed by atoms with E-state index in [1.165, 1.54) is 0 Å². The summed E-state index contributed by atoms with van der Waals surface area (Å²) in [4.78, 5) is 14.1. The Kier molecular flexibility index (Phi) is 7.01. The first-order valence-corrected chi connectivity index (χ1v) is 7.36. The van der Waals surface area contributed by atoms with Gasteiger partial charge in [-0.25, -0.2) is 0 Å². The van der Waals surface area contributed by atoms with Crippen LogP contribution in [-0.2, 0) is 4.79 Å². The molecular formula is C16H26N2O. The first-order valence-electron chi connectivity index (χ1n) is 7.36. The van der Waals surface area contributed by atoms with Crippen LogP contribution in [0.2, 0.25) is 0 Å². The third-order valence-electron chi connectivity index (χ3n) is 3.27. The highest BCUT2D eigenvalue weighted by Gasteiger charge is 2.05. The monoisotopic (exact) mass is 262 g/mol. The number of hydrogen-bond donors (Lipinski definition) is 1. The number of rotatable bonds is 8. The minimum absolute atomic E-state index is 0.116. The van der Waals surface area contributed by atoms with Crippen molar-refractivity contribution in [3.63, 3.8) is 0 Å². The van der Waals surface area contributed by atoms with E-state index >= 15 is 0 Å². The molecule has 1 aromatic rings. The number of benzene rings is 1. The van der Waals surface area contributed by atoms with Crippen LogP contribution >= 0.6 is 0 Å². The fraction of sp³-hybridized carbons (Fsp3) is 0.562. The predicted molar refractivity (Wildman–Crippen MR) is 82.8 cm³/mol. The van der Waals surface area contributed by atoms with Crippen molar-refractivity contribution in [3.05, 3.63) is 24.3 Å². The third kappa shape index (κ3) is 5.33. The Balaban J connectivity index is 2.59. The second kappa shape index (κ2) is 8.57. The first-order chi connectivity index (χ1) is 9.21. The number of nitrogens with one attached hydrogen (secondary N) is 1. The molecule has 1 N–H and O–H groups in total. The van der Waals surface area contributed by atoms with Gasteiger partial charge in [-0.3, -0.25) is 4.79 Å². The zero-order valence-electron chi connectivity index (χ0n) is 12.4. The summed E-state index contributed by atoms with van der Waals surface area (Å²) in [7, 11) is 0. The van der Waals surface area contributed by atoms with E-state index in [1.54, 1.807) is 0 Å². The normalized spacial score (nSPS) is 10.3. The largest absolute Gasteiger partial charge is 0.372 e. The van der Waals surface area contributed by atoms with Crippen LogP contribution in [-0.4, -0.2) is 19.0 Å². The Morgan fingerprint density at radius 3 is 2.53 bits per heavy atom. The van der Waals surface area contributed by atoms with E-state index in [0.717, 1.165) is 43.7 Å².